The third-order valence-electron chi connectivity index (χ3n) is 2.31. The van der Waals surface area contributed by atoms with Gasteiger partial charge in [0.05, 0.1) is 5.56 Å². The van der Waals surface area contributed by atoms with Gasteiger partial charge in [0.25, 0.3) is 10.2 Å². The zero-order valence-electron chi connectivity index (χ0n) is 11.5. The fourth-order valence-corrected chi connectivity index (χ4v) is 1.48. The zero-order valence-corrected chi connectivity index (χ0v) is 12.2. The molecule has 0 fully saturated rings. The molecule has 0 saturated heterocycles. The third-order valence-corrected chi connectivity index (χ3v) is 2.42. The van der Waals surface area contributed by atoms with Gasteiger partial charge < -0.3 is 19.1 Å². The van der Waals surface area contributed by atoms with Gasteiger partial charge in [-0.3, -0.25) is 0 Å². The zero-order chi connectivity index (χ0) is 17.2. The topological polar surface area (TPSA) is 140 Å². The van der Waals surface area contributed by atoms with E-state index in [0.717, 1.165) is 0 Å². The number of alkyl halides is 1. The van der Waals surface area contributed by atoms with Gasteiger partial charge in [0, 0.05) is 0 Å². The van der Waals surface area contributed by atoms with Crippen molar-refractivity contribution < 1.29 is 34.1 Å². The van der Waals surface area contributed by atoms with Gasteiger partial charge >= 0.3 is 5.97 Å². The normalized spacial score (nSPS) is 11.2. The highest BCUT2D eigenvalue weighted by atomic mass is 35.5. The molecule has 1 aromatic rings. The molecule has 12 heteroatoms. The van der Waals surface area contributed by atoms with Gasteiger partial charge in [0.2, 0.25) is 0 Å². The predicted octanol–water partition coefficient (Wildman–Crippen LogP) is 1.20. The van der Waals surface area contributed by atoms with E-state index in [-0.39, 0.29) is 24.0 Å². The third kappa shape index (κ3) is 7.13. The second-order valence-electron chi connectivity index (χ2n) is 3.85. The van der Waals surface area contributed by atoms with Crippen LogP contribution in [0.5, 0.6) is 5.75 Å². The SMILES string of the molecule is O=C(OCCl)c1ccc(OCC(CO[N+](=O)[O-])O[N+](=O)[O-])cc1. The molecule has 1 rings (SSSR count). The van der Waals surface area contributed by atoms with E-state index in [4.69, 9.17) is 16.3 Å². The van der Waals surface area contributed by atoms with Crippen molar-refractivity contribution in [2.24, 2.45) is 0 Å². The number of hydrogen-bond donors (Lipinski definition) is 0. The number of carbonyl (C=O) groups is 1. The molecule has 0 radical (unpaired) electrons. The molecule has 1 aromatic carbocycles. The Hall–Kier alpha value is -2.82. The fraction of sp³-hybridized carbons (Fsp3) is 0.364. The lowest BCUT2D eigenvalue weighted by molar-refractivity contribution is -0.790. The lowest BCUT2D eigenvalue weighted by atomic mass is 10.2. The first-order chi connectivity index (χ1) is 10.9. The molecule has 1 atom stereocenters. The minimum Gasteiger partial charge on any atom is -0.491 e. The van der Waals surface area contributed by atoms with E-state index in [1.54, 1.807) is 0 Å². The summed E-state index contributed by atoms with van der Waals surface area (Å²) in [5.41, 5.74) is 0.229. The van der Waals surface area contributed by atoms with Crippen molar-refractivity contribution in [2.75, 3.05) is 19.3 Å². The van der Waals surface area contributed by atoms with E-state index >= 15 is 0 Å². The maximum atomic E-state index is 11.4. The number of halogens is 1. The van der Waals surface area contributed by atoms with Crippen LogP contribution in [-0.2, 0) is 14.4 Å². The van der Waals surface area contributed by atoms with Crippen LogP contribution in [0.2, 0.25) is 0 Å². The van der Waals surface area contributed by atoms with E-state index in [0.29, 0.717) is 0 Å². The average molecular weight is 351 g/mol. The first kappa shape index (κ1) is 18.2. The number of esters is 1. The second-order valence-corrected chi connectivity index (χ2v) is 4.06. The quantitative estimate of drug-likeness (QED) is 0.263. The summed E-state index contributed by atoms with van der Waals surface area (Å²) in [5, 5.41) is 18.2. The van der Waals surface area contributed by atoms with Gasteiger partial charge in [-0.2, -0.15) is 0 Å². The van der Waals surface area contributed by atoms with Crippen LogP contribution in [0.25, 0.3) is 0 Å². The van der Waals surface area contributed by atoms with E-state index in [2.05, 4.69) is 14.4 Å². The van der Waals surface area contributed by atoms with E-state index < -0.39 is 28.9 Å². The molecule has 11 nitrogen and oxygen atoms in total. The Bertz CT molecular complexity index is 551. The van der Waals surface area contributed by atoms with E-state index in [1.165, 1.54) is 24.3 Å². The first-order valence-electron chi connectivity index (χ1n) is 5.96. The molecule has 0 saturated carbocycles. The van der Waals surface area contributed by atoms with Crippen molar-refractivity contribution in [3.05, 3.63) is 50.1 Å². The first-order valence-corrected chi connectivity index (χ1v) is 6.50. The Balaban J connectivity index is 2.57. The smallest absolute Gasteiger partial charge is 0.339 e. The highest BCUT2D eigenvalue weighted by molar-refractivity contribution is 6.17. The second kappa shape index (κ2) is 9.25. The lowest BCUT2D eigenvalue weighted by Crippen LogP contribution is -2.30. The van der Waals surface area contributed by atoms with Crippen molar-refractivity contribution >= 4 is 17.6 Å². The molecule has 0 bridgehead atoms. The average Bonchev–Trinajstić information content (AvgIpc) is 2.50. The number of nitrogens with zero attached hydrogens (tertiary/aromatic N) is 2. The standard InChI is InChI=1S/C11H11ClN2O9/c12-7-21-11(15)8-1-3-9(4-2-8)20-5-10(23-14(18)19)6-22-13(16)17/h1-4,10H,5-7H2. The van der Waals surface area contributed by atoms with Crippen LogP contribution in [-0.4, -0.2) is 41.5 Å². The lowest BCUT2D eigenvalue weighted by Gasteiger charge is -2.14. The molecule has 0 heterocycles. The Labute approximate surface area is 133 Å². The van der Waals surface area contributed by atoms with Crippen molar-refractivity contribution in [1.29, 1.82) is 0 Å². The van der Waals surface area contributed by atoms with Gasteiger partial charge in [-0.1, -0.05) is 11.6 Å². The summed E-state index contributed by atoms with van der Waals surface area (Å²) in [7, 11) is 0. The van der Waals surface area contributed by atoms with Gasteiger partial charge in [-0.15, -0.1) is 20.2 Å². The van der Waals surface area contributed by atoms with Crippen LogP contribution < -0.4 is 4.74 Å². The van der Waals surface area contributed by atoms with Gasteiger partial charge in [-0.25, -0.2) is 4.79 Å². The van der Waals surface area contributed by atoms with Crippen LogP contribution in [0.1, 0.15) is 10.4 Å². The summed E-state index contributed by atoms with van der Waals surface area (Å²) in [6.07, 6.45) is -1.30. The monoisotopic (exact) mass is 350 g/mol. The molecule has 126 valence electrons. The molecule has 0 aliphatic carbocycles. The number of benzene rings is 1. The maximum absolute atomic E-state index is 11.4. The largest absolute Gasteiger partial charge is 0.491 e. The van der Waals surface area contributed by atoms with Crippen LogP contribution >= 0.6 is 11.6 Å². The molecule has 0 N–H and O–H groups in total. The molecule has 0 spiro atoms. The molecule has 0 aromatic heterocycles. The molecule has 0 amide bonds. The van der Waals surface area contributed by atoms with Crippen molar-refractivity contribution in [3.8, 4) is 5.75 Å². The van der Waals surface area contributed by atoms with Crippen LogP contribution in [0.4, 0.5) is 0 Å². The molecular formula is C11H11ClN2O9. The van der Waals surface area contributed by atoms with Crippen molar-refractivity contribution in [2.45, 2.75) is 6.10 Å². The highest BCUT2D eigenvalue weighted by Crippen LogP contribution is 2.14. The summed E-state index contributed by atoms with van der Waals surface area (Å²) < 4.78 is 9.76. The van der Waals surface area contributed by atoms with Crippen LogP contribution in [0.15, 0.2) is 24.3 Å². The minimum atomic E-state index is -1.30. The molecular weight excluding hydrogens is 340 g/mol. The summed E-state index contributed by atoms with van der Waals surface area (Å²) in [5.74, 6) is -0.369. The van der Waals surface area contributed by atoms with Crippen LogP contribution in [0, 0.1) is 20.2 Å². The summed E-state index contributed by atoms with van der Waals surface area (Å²) in [6.45, 7) is -1.05. The molecule has 0 aliphatic rings. The summed E-state index contributed by atoms with van der Waals surface area (Å²) in [4.78, 5) is 39.9. The van der Waals surface area contributed by atoms with Gasteiger partial charge in [0.15, 0.2) is 12.2 Å². The molecule has 23 heavy (non-hydrogen) atoms. The van der Waals surface area contributed by atoms with Gasteiger partial charge in [-0.05, 0) is 24.3 Å². The molecule has 1 unspecified atom stereocenters. The Morgan fingerprint density at radius 1 is 1.13 bits per heavy atom. The number of rotatable bonds is 10. The van der Waals surface area contributed by atoms with E-state index in [9.17, 15) is 25.0 Å². The highest BCUT2D eigenvalue weighted by Gasteiger charge is 2.17. The number of hydrogen-bond acceptors (Lipinski definition) is 9. The summed E-state index contributed by atoms with van der Waals surface area (Å²) in [6, 6.07) is 5.31. The summed E-state index contributed by atoms with van der Waals surface area (Å²) >= 11 is 5.26. The number of ether oxygens (including phenoxy) is 2. The Morgan fingerprint density at radius 3 is 2.30 bits per heavy atom. The fourth-order valence-electron chi connectivity index (χ4n) is 1.38. The van der Waals surface area contributed by atoms with Crippen LogP contribution in [0.3, 0.4) is 0 Å². The number of carbonyl (C=O) groups excluding carboxylic acids is 1. The van der Waals surface area contributed by atoms with E-state index in [1.807, 2.05) is 0 Å². The molecule has 0 aliphatic heterocycles. The Morgan fingerprint density at radius 2 is 1.78 bits per heavy atom. The van der Waals surface area contributed by atoms with Crippen molar-refractivity contribution in [1.82, 2.24) is 0 Å². The van der Waals surface area contributed by atoms with Crippen molar-refractivity contribution in [3.63, 3.8) is 0 Å². The minimum absolute atomic E-state index is 0.229. The van der Waals surface area contributed by atoms with Gasteiger partial charge in [0.1, 0.15) is 19.0 Å². The Kier molecular flexibility index (Phi) is 7.33. The predicted molar refractivity (Wildman–Crippen MR) is 72.9 cm³/mol. The maximum Gasteiger partial charge on any atom is 0.339 e.